The Morgan fingerprint density at radius 1 is 0.812 bits per heavy atom. The lowest BCUT2D eigenvalue weighted by Gasteiger charge is -2.65. The molecule has 3 saturated heterocycles. The smallest absolute Gasteiger partial charge is 0.419 e. The summed E-state index contributed by atoms with van der Waals surface area (Å²) in [4.78, 5) is 78.5. The molecule has 4 fully saturated rings. The van der Waals surface area contributed by atoms with Gasteiger partial charge >= 0.3 is 6.18 Å². The number of nitrogens with zero attached hydrogens (tertiary/aromatic N) is 7. The van der Waals surface area contributed by atoms with E-state index in [1.807, 2.05) is 50.8 Å². The van der Waals surface area contributed by atoms with E-state index >= 15 is 0 Å². The molecule has 17 heteroatoms. The van der Waals surface area contributed by atoms with Crippen molar-refractivity contribution in [3.63, 3.8) is 0 Å². The molecule has 1 saturated carbocycles. The highest BCUT2D eigenvalue weighted by Gasteiger charge is 2.67. The van der Waals surface area contributed by atoms with Gasteiger partial charge in [-0.1, -0.05) is 34.6 Å². The summed E-state index contributed by atoms with van der Waals surface area (Å²) in [6.07, 6.45) is -2.08. The number of piperazine rings is 1. The van der Waals surface area contributed by atoms with Crippen LogP contribution in [0.3, 0.4) is 0 Å². The minimum atomic E-state index is -4.76. The number of ether oxygens (including phenoxy) is 1. The number of hydrogen-bond acceptors (Lipinski definition) is 11. The number of benzene rings is 2. The zero-order chi connectivity index (χ0) is 45.7. The summed E-state index contributed by atoms with van der Waals surface area (Å²) in [7, 11) is 0. The Balaban J connectivity index is 0.783. The summed E-state index contributed by atoms with van der Waals surface area (Å²) in [6.45, 7) is 16.6. The molecular weight excluding hydrogens is 830 g/mol. The van der Waals surface area contributed by atoms with E-state index in [2.05, 4.69) is 38.0 Å². The number of alkyl halides is 3. The van der Waals surface area contributed by atoms with Gasteiger partial charge < -0.3 is 19.4 Å². The fourth-order valence-electron chi connectivity index (χ4n) is 11.7. The number of aromatic nitrogens is 1. The maximum Gasteiger partial charge on any atom is 0.419 e. The molecule has 1 N–H and O–H groups in total. The van der Waals surface area contributed by atoms with Crippen molar-refractivity contribution in [1.82, 2.24) is 25.0 Å². The number of carbonyl (C=O) groups is 5. The van der Waals surface area contributed by atoms with Gasteiger partial charge in [0.25, 0.3) is 17.7 Å². The first-order valence-electron chi connectivity index (χ1n) is 21.9. The largest absolute Gasteiger partial charge is 0.488 e. The van der Waals surface area contributed by atoms with Gasteiger partial charge in [-0.25, -0.2) is 4.98 Å². The third kappa shape index (κ3) is 7.23. The van der Waals surface area contributed by atoms with Crippen LogP contribution in [0.1, 0.15) is 108 Å². The SMILES string of the molecule is CC1(CN2CCN(c3ccc4c(c3)CN(C3C(C)(C)C(Oc5cnc(C#N)c(C(F)(F)F)c5)C3(C)C)C4=O)CC2)CCN(c2ccc3c(c2)C(=O)N(C2CCC(=O)NC2=O)C3=O)CC1. The van der Waals surface area contributed by atoms with Gasteiger partial charge in [0.05, 0.1) is 22.9 Å². The topological polar surface area (TPSA) is 159 Å². The first-order valence-corrected chi connectivity index (χ1v) is 21.9. The third-order valence-electron chi connectivity index (χ3n) is 14.6. The second kappa shape index (κ2) is 15.3. The number of imide groups is 2. The summed E-state index contributed by atoms with van der Waals surface area (Å²) in [6, 6.07) is 12.4. The van der Waals surface area contributed by atoms with Crippen LogP contribution in [0.5, 0.6) is 5.75 Å². The minimum absolute atomic E-state index is 0.0714. The number of halogens is 3. The zero-order valence-electron chi connectivity index (χ0n) is 36.6. The molecule has 3 aromatic rings. The monoisotopic (exact) mass is 880 g/mol. The van der Waals surface area contributed by atoms with E-state index < -0.39 is 64.0 Å². The van der Waals surface area contributed by atoms with Crippen LogP contribution < -0.4 is 19.9 Å². The van der Waals surface area contributed by atoms with Crippen LogP contribution >= 0.6 is 0 Å². The predicted molar refractivity (Wildman–Crippen MR) is 227 cm³/mol. The summed E-state index contributed by atoms with van der Waals surface area (Å²) in [5.74, 6) is -2.21. The van der Waals surface area contributed by atoms with Crippen molar-refractivity contribution >= 4 is 40.9 Å². The molecule has 1 aliphatic carbocycles. The number of amides is 5. The Kier molecular flexibility index (Phi) is 10.3. The van der Waals surface area contributed by atoms with Crippen LogP contribution in [0.15, 0.2) is 48.7 Å². The first-order chi connectivity index (χ1) is 30.2. The van der Waals surface area contributed by atoms with Crippen LogP contribution in [0.25, 0.3) is 0 Å². The number of anilines is 2. The first kappa shape index (κ1) is 43.2. The van der Waals surface area contributed by atoms with Crippen LogP contribution in [0, 0.1) is 27.6 Å². The lowest BCUT2D eigenvalue weighted by molar-refractivity contribution is -0.199. The molecule has 6 heterocycles. The number of piperidine rings is 2. The average molecular weight is 881 g/mol. The lowest BCUT2D eigenvalue weighted by Crippen LogP contribution is -2.74. The molecule has 9 rings (SSSR count). The fraction of sp³-hybridized carbons (Fsp3) is 0.511. The van der Waals surface area contributed by atoms with E-state index in [1.165, 1.54) is 6.07 Å². The van der Waals surface area contributed by atoms with Gasteiger partial charge in [-0.15, -0.1) is 0 Å². The van der Waals surface area contributed by atoms with Crippen molar-refractivity contribution in [2.75, 3.05) is 55.6 Å². The Bertz CT molecular complexity index is 2500. The van der Waals surface area contributed by atoms with Crippen molar-refractivity contribution in [2.24, 2.45) is 16.2 Å². The Morgan fingerprint density at radius 3 is 2.08 bits per heavy atom. The van der Waals surface area contributed by atoms with Crippen LogP contribution in [-0.4, -0.2) is 113 Å². The molecule has 6 aliphatic rings. The predicted octanol–water partition coefficient (Wildman–Crippen LogP) is 5.64. The summed E-state index contributed by atoms with van der Waals surface area (Å²) < 4.78 is 47.2. The van der Waals surface area contributed by atoms with Crippen molar-refractivity contribution < 1.29 is 41.9 Å². The van der Waals surface area contributed by atoms with Crippen molar-refractivity contribution in [2.45, 2.75) is 91.2 Å². The van der Waals surface area contributed by atoms with Crippen molar-refractivity contribution in [1.29, 1.82) is 5.26 Å². The van der Waals surface area contributed by atoms with Crippen LogP contribution in [0.2, 0.25) is 0 Å². The van der Waals surface area contributed by atoms with E-state index in [1.54, 1.807) is 12.1 Å². The summed E-state index contributed by atoms with van der Waals surface area (Å²) in [5.41, 5.74) is 1.06. The number of nitriles is 1. The van der Waals surface area contributed by atoms with Gasteiger partial charge in [0.1, 0.15) is 24.0 Å². The second-order valence-corrected chi connectivity index (χ2v) is 19.7. The number of pyridine rings is 1. The van der Waals surface area contributed by atoms with Gasteiger partial charge in [-0.2, -0.15) is 18.4 Å². The molecule has 0 spiro atoms. The summed E-state index contributed by atoms with van der Waals surface area (Å²) in [5, 5.41) is 11.4. The number of fused-ring (bicyclic) bond motifs is 2. The number of rotatable bonds is 8. The molecular formula is C47H51F3N8O6. The molecule has 14 nitrogen and oxygen atoms in total. The molecule has 1 aromatic heterocycles. The van der Waals surface area contributed by atoms with Gasteiger partial charge in [-0.05, 0) is 72.7 Å². The number of carbonyl (C=O) groups excluding carboxylic acids is 5. The number of nitrogens with one attached hydrogen (secondary N) is 1. The van der Waals surface area contributed by atoms with Gasteiger partial charge in [0, 0.05) is 92.6 Å². The minimum Gasteiger partial charge on any atom is -0.488 e. The normalized spacial score (nSPS) is 25.2. The molecule has 1 atom stereocenters. The van der Waals surface area contributed by atoms with E-state index in [4.69, 9.17) is 4.74 Å². The highest BCUT2D eigenvalue weighted by Crippen LogP contribution is 2.59. The molecule has 5 aliphatic heterocycles. The Hall–Kier alpha value is -6.02. The zero-order valence-corrected chi connectivity index (χ0v) is 36.6. The van der Waals surface area contributed by atoms with Gasteiger partial charge in [0.2, 0.25) is 11.8 Å². The van der Waals surface area contributed by atoms with E-state index in [9.17, 15) is 42.4 Å². The molecule has 0 bridgehead atoms. The standard InChI is InChI=1S/C47H51F3N8O6/c1-44(2)42(45(3,4)43(44)64-30-22-34(47(48,49)50)35(23-51)52-24-30)57-25-27-20-28(6-8-31(27)39(57)61)56-18-16-54(17-19-56)26-46(5)12-14-55(15-13-46)29-7-9-32-33(21-29)41(63)58(40(32)62)36-10-11-37(59)53-38(36)60/h6-9,20-22,24,36,42-43H,10-19,25-26H2,1-5H3,(H,53,59,60). The molecule has 1 unspecified atom stereocenters. The van der Waals surface area contributed by atoms with E-state index in [0.717, 1.165) is 92.8 Å². The second-order valence-electron chi connectivity index (χ2n) is 19.7. The molecule has 2 aromatic carbocycles. The maximum atomic E-state index is 14.0. The highest BCUT2D eigenvalue weighted by atomic mass is 19.4. The van der Waals surface area contributed by atoms with Crippen LogP contribution in [0.4, 0.5) is 24.5 Å². The molecule has 0 radical (unpaired) electrons. The van der Waals surface area contributed by atoms with E-state index in [0.29, 0.717) is 12.1 Å². The Labute approximate surface area is 369 Å². The molecule has 64 heavy (non-hydrogen) atoms. The van der Waals surface area contributed by atoms with Gasteiger partial charge in [-0.3, -0.25) is 39.1 Å². The maximum absolute atomic E-state index is 14.0. The van der Waals surface area contributed by atoms with Crippen molar-refractivity contribution in [3.05, 3.63) is 82.2 Å². The van der Waals surface area contributed by atoms with E-state index in [-0.39, 0.29) is 47.1 Å². The number of hydrogen-bond donors (Lipinski definition) is 1. The average Bonchev–Trinajstić information content (AvgIpc) is 3.69. The molecule has 336 valence electrons. The summed E-state index contributed by atoms with van der Waals surface area (Å²) >= 11 is 0. The highest BCUT2D eigenvalue weighted by molar-refractivity contribution is 6.23. The fourth-order valence-corrected chi connectivity index (χ4v) is 11.7. The Morgan fingerprint density at radius 2 is 1.44 bits per heavy atom. The molecule has 5 amide bonds. The quantitative estimate of drug-likeness (QED) is 0.279. The van der Waals surface area contributed by atoms with Gasteiger partial charge in [0.15, 0.2) is 5.69 Å². The van der Waals surface area contributed by atoms with Crippen LogP contribution in [-0.2, 0) is 22.3 Å². The van der Waals surface area contributed by atoms with Crippen molar-refractivity contribution in [3.8, 4) is 11.8 Å². The lowest BCUT2D eigenvalue weighted by atomic mass is 9.49. The third-order valence-corrected chi connectivity index (χ3v) is 14.6.